The zero-order valence-corrected chi connectivity index (χ0v) is 16.5. The number of carbonyl (C=O) groups is 1. The van der Waals surface area contributed by atoms with Gasteiger partial charge in [0.1, 0.15) is 9.77 Å². The van der Waals surface area contributed by atoms with Gasteiger partial charge in [0, 0.05) is 19.1 Å². The minimum Gasteiger partial charge on any atom is -0.349 e. The molecular formula is C19H24N2O3S2. The SMILES string of the molecule is CC(CCc1ccccc1)NC(=O)c1sccc1S(=O)(=O)N1CCCC1. The third-order valence-corrected chi connectivity index (χ3v) is 7.59. The standard InChI is InChI=1S/C19H24N2O3S2/c1-15(9-10-16-7-3-2-4-8-16)20-19(22)18-17(11-14-25-18)26(23,24)21-12-5-6-13-21/h2-4,7-8,11,14-15H,5-6,9-10,12-13H2,1H3,(H,20,22). The Morgan fingerprint density at radius 1 is 1.19 bits per heavy atom. The van der Waals surface area contributed by atoms with Crippen molar-refractivity contribution >= 4 is 27.3 Å². The van der Waals surface area contributed by atoms with Gasteiger partial charge in [0.2, 0.25) is 10.0 Å². The lowest BCUT2D eigenvalue weighted by Crippen LogP contribution is -2.34. The molecule has 2 aromatic rings. The monoisotopic (exact) mass is 392 g/mol. The molecule has 1 aliphatic heterocycles. The Morgan fingerprint density at radius 2 is 1.88 bits per heavy atom. The third kappa shape index (κ3) is 4.34. The lowest BCUT2D eigenvalue weighted by atomic mass is 10.1. The van der Waals surface area contributed by atoms with Gasteiger partial charge in [0.05, 0.1) is 0 Å². The zero-order valence-electron chi connectivity index (χ0n) is 14.8. The number of amides is 1. The summed E-state index contributed by atoms with van der Waals surface area (Å²) in [4.78, 5) is 13.0. The fraction of sp³-hybridized carbons (Fsp3) is 0.421. The van der Waals surface area contributed by atoms with Gasteiger partial charge in [-0.2, -0.15) is 4.31 Å². The predicted octanol–water partition coefficient (Wildman–Crippen LogP) is 3.28. The van der Waals surface area contributed by atoms with Crippen LogP contribution in [0.15, 0.2) is 46.7 Å². The Kier molecular flexibility index (Phi) is 6.11. The van der Waals surface area contributed by atoms with Crippen LogP contribution >= 0.6 is 11.3 Å². The number of nitrogens with zero attached hydrogens (tertiary/aromatic N) is 1. The van der Waals surface area contributed by atoms with Crippen LogP contribution in [0, 0.1) is 0 Å². The first-order valence-electron chi connectivity index (χ1n) is 8.91. The molecule has 1 N–H and O–H groups in total. The van der Waals surface area contributed by atoms with Crippen molar-refractivity contribution in [2.75, 3.05) is 13.1 Å². The second-order valence-corrected chi connectivity index (χ2v) is 9.45. The van der Waals surface area contributed by atoms with Crippen LogP contribution in [0.25, 0.3) is 0 Å². The van der Waals surface area contributed by atoms with Gasteiger partial charge in [-0.1, -0.05) is 30.3 Å². The van der Waals surface area contributed by atoms with E-state index in [9.17, 15) is 13.2 Å². The highest BCUT2D eigenvalue weighted by atomic mass is 32.2. The van der Waals surface area contributed by atoms with E-state index in [1.54, 1.807) is 11.4 Å². The summed E-state index contributed by atoms with van der Waals surface area (Å²) < 4.78 is 27.0. The number of nitrogens with one attached hydrogen (secondary N) is 1. The number of thiophene rings is 1. The first kappa shape index (κ1) is 19.1. The van der Waals surface area contributed by atoms with Crippen molar-refractivity contribution in [1.82, 2.24) is 9.62 Å². The molecule has 1 aromatic carbocycles. The first-order chi connectivity index (χ1) is 12.5. The molecule has 1 unspecified atom stereocenters. The maximum atomic E-state index is 12.8. The van der Waals surface area contributed by atoms with Crippen molar-refractivity contribution in [3.05, 3.63) is 52.2 Å². The van der Waals surface area contributed by atoms with Crippen molar-refractivity contribution in [1.29, 1.82) is 0 Å². The Balaban J connectivity index is 1.64. The smallest absolute Gasteiger partial charge is 0.262 e. The highest BCUT2D eigenvalue weighted by Crippen LogP contribution is 2.27. The van der Waals surface area contributed by atoms with Gasteiger partial charge in [0.15, 0.2) is 0 Å². The molecule has 26 heavy (non-hydrogen) atoms. The van der Waals surface area contributed by atoms with Crippen LogP contribution in [0.1, 0.15) is 41.4 Å². The number of hydrogen-bond acceptors (Lipinski definition) is 4. The van der Waals surface area contributed by atoms with Crippen LogP contribution in [0.3, 0.4) is 0 Å². The van der Waals surface area contributed by atoms with E-state index in [0.717, 1.165) is 25.7 Å². The molecule has 1 amide bonds. The third-order valence-electron chi connectivity index (χ3n) is 4.60. The number of hydrogen-bond donors (Lipinski definition) is 1. The van der Waals surface area contributed by atoms with Gasteiger partial charge < -0.3 is 5.32 Å². The highest BCUT2D eigenvalue weighted by Gasteiger charge is 2.32. The van der Waals surface area contributed by atoms with E-state index in [0.29, 0.717) is 13.1 Å². The number of carbonyl (C=O) groups excluding carboxylic acids is 1. The number of benzene rings is 1. The summed E-state index contributed by atoms with van der Waals surface area (Å²) in [6, 6.07) is 11.6. The van der Waals surface area contributed by atoms with Gasteiger partial charge in [0.25, 0.3) is 5.91 Å². The fourth-order valence-electron chi connectivity index (χ4n) is 3.12. The van der Waals surface area contributed by atoms with Gasteiger partial charge in [-0.3, -0.25) is 4.79 Å². The summed E-state index contributed by atoms with van der Waals surface area (Å²) in [5, 5.41) is 4.62. The van der Waals surface area contributed by atoms with E-state index < -0.39 is 10.0 Å². The topological polar surface area (TPSA) is 66.5 Å². The van der Waals surface area contributed by atoms with Crippen LogP contribution < -0.4 is 5.32 Å². The Hall–Kier alpha value is -1.70. The Morgan fingerprint density at radius 3 is 2.58 bits per heavy atom. The van der Waals surface area contributed by atoms with Crippen LogP contribution in [-0.4, -0.2) is 37.8 Å². The maximum absolute atomic E-state index is 12.8. The van der Waals surface area contributed by atoms with E-state index in [-0.39, 0.29) is 21.7 Å². The van der Waals surface area contributed by atoms with E-state index in [4.69, 9.17) is 0 Å². The van der Waals surface area contributed by atoms with Crippen molar-refractivity contribution in [3.63, 3.8) is 0 Å². The van der Waals surface area contributed by atoms with Crippen molar-refractivity contribution in [2.45, 2.75) is 43.5 Å². The zero-order chi connectivity index (χ0) is 18.6. The molecule has 0 bridgehead atoms. The second-order valence-electron chi connectivity index (χ2n) is 6.62. The molecule has 2 heterocycles. The number of aryl methyl sites for hydroxylation is 1. The van der Waals surface area contributed by atoms with E-state index in [1.807, 2.05) is 25.1 Å². The molecule has 1 aliphatic rings. The number of sulfonamides is 1. The highest BCUT2D eigenvalue weighted by molar-refractivity contribution is 7.89. The molecule has 1 atom stereocenters. The first-order valence-corrected chi connectivity index (χ1v) is 11.2. The Bertz CT molecular complexity index is 841. The molecule has 1 fully saturated rings. The van der Waals surface area contributed by atoms with E-state index in [2.05, 4.69) is 17.4 Å². The molecule has 0 spiro atoms. The van der Waals surface area contributed by atoms with Crippen LogP contribution in [0.5, 0.6) is 0 Å². The van der Waals surface area contributed by atoms with Crippen molar-refractivity contribution in [2.24, 2.45) is 0 Å². The molecule has 140 valence electrons. The normalized spacial score (nSPS) is 16.5. The molecular weight excluding hydrogens is 368 g/mol. The largest absolute Gasteiger partial charge is 0.349 e. The lowest BCUT2D eigenvalue weighted by Gasteiger charge is -2.17. The molecule has 0 aliphatic carbocycles. The molecule has 1 aromatic heterocycles. The summed E-state index contributed by atoms with van der Waals surface area (Å²) >= 11 is 1.18. The summed E-state index contributed by atoms with van der Waals surface area (Å²) in [7, 11) is -3.58. The van der Waals surface area contributed by atoms with E-state index >= 15 is 0 Å². The molecule has 7 heteroatoms. The average molecular weight is 393 g/mol. The fourth-order valence-corrected chi connectivity index (χ4v) is 5.94. The lowest BCUT2D eigenvalue weighted by molar-refractivity contribution is 0.0939. The summed E-state index contributed by atoms with van der Waals surface area (Å²) in [5.41, 5.74) is 1.22. The van der Waals surface area contributed by atoms with Gasteiger partial charge in [-0.05, 0) is 49.6 Å². The van der Waals surface area contributed by atoms with Crippen molar-refractivity contribution < 1.29 is 13.2 Å². The average Bonchev–Trinajstić information content (AvgIpc) is 3.32. The minimum absolute atomic E-state index is 0.0350. The van der Waals surface area contributed by atoms with Gasteiger partial charge >= 0.3 is 0 Å². The molecule has 0 saturated carbocycles. The van der Waals surface area contributed by atoms with Gasteiger partial charge in [-0.15, -0.1) is 11.3 Å². The van der Waals surface area contributed by atoms with Crippen molar-refractivity contribution in [3.8, 4) is 0 Å². The second kappa shape index (κ2) is 8.33. The predicted molar refractivity (Wildman–Crippen MR) is 104 cm³/mol. The molecule has 5 nitrogen and oxygen atoms in total. The molecule has 0 radical (unpaired) electrons. The van der Waals surface area contributed by atoms with E-state index in [1.165, 1.54) is 21.2 Å². The number of rotatable bonds is 7. The Labute approximate surface area is 159 Å². The van der Waals surface area contributed by atoms with Crippen LogP contribution in [-0.2, 0) is 16.4 Å². The summed E-state index contributed by atoms with van der Waals surface area (Å²) in [5.74, 6) is -0.307. The van der Waals surface area contributed by atoms with Gasteiger partial charge in [-0.25, -0.2) is 8.42 Å². The summed E-state index contributed by atoms with van der Waals surface area (Å²) in [6.45, 7) is 3.02. The minimum atomic E-state index is -3.58. The maximum Gasteiger partial charge on any atom is 0.262 e. The van der Waals surface area contributed by atoms with Crippen LogP contribution in [0.4, 0.5) is 0 Å². The summed E-state index contributed by atoms with van der Waals surface area (Å²) in [6.07, 6.45) is 3.42. The molecule has 3 rings (SSSR count). The molecule has 1 saturated heterocycles. The van der Waals surface area contributed by atoms with Crippen LogP contribution in [0.2, 0.25) is 0 Å². The quantitative estimate of drug-likeness (QED) is 0.786.